The summed E-state index contributed by atoms with van der Waals surface area (Å²) in [6.07, 6.45) is 2.04. The van der Waals surface area contributed by atoms with E-state index in [9.17, 15) is 4.79 Å². The summed E-state index contributed by atoms with van der Waals surface area (Å²) in [6.45, 7) is 5.74. The molecule has 0 aliphatic carbocycles. The molecule has 0 fully saturated rings. The first kappa shape index (κ1) is 20.9. The number of hydrogen-bond acceptors (Lipinski definition) is 4. The van der Waals surface area contributed by atoms with E-state index >= 15 is 0 Å². The van der Waals surface area contributed by atoms with Crippen LogP contribution in [0.4, 0.5) is 0 Å². The largest absolute Gasteiger partial charge is 0.383 e. The summed E-state index contributed by atoms with van der Waals surface area (Å²) in [7, 11) is 3.23. The molecule has 0 aromatic rings. The molecule has 0 bridgehead atoms. The normalized spacial score (nSPS) is 12.1. The summed E-state index contributed by atoms with van der Waals surface area (Å²) >= 11 is 0. The first-order valence-electron chi connectivity index (χ1n) is 6.65. The van der Waals surface area contributed by atoms with E-state index in [1.807, 2.05) is 4.90 Å². The molecule has 0 radical (unpaired) electrons. The Balaban J connectivity index is 0. The minimum atomic E-state index is -0.197. The smallest absolute Gasteiger partial charge is 0.225 e. The van der Waals surface area contributed by atoms with Crippen molar-refractivity contribution in [2.24, 2.45) is 5.73 Å². The molecule has 1 amide bonds. The second-order valence-corrected chi connectivity index (χ2v) is 4.35. The van der Waals surface area contributed by atoms with Gasteiger partial charge in [0.15, 0.2) is 0 Å². The number of halogens is 1. The molecular formula is C13H29ClN2O3. The zero-order valence-electron chi connectivity index (χ0n) is 12.6. The highest BCUT2D eigenvalue weighted by atomic mass is 35.5. The SMILES string of the molecule is CCC(CC)N(CCOC)C(=O)CC(CN)OC.Cl. The van der Waals surface area contributed by atoms with Crippen molar-refractivity contribution in [3.8, 4) is 0 Å². The molecule has 0 rings (SSSR count). The Hall–Kier alpha value is -0.360. The van der Waals surface area contributed by atoms with Crippen LogP contribution in [0.1, 0.15) is 33.1 Å². The van der Waals surface area contributed by atoms with Gasteiger partial charge in [0.1, 0.15) is 0 Å². The van der Waals surface area contributed by atoms with Gasteiger partial charge < -0.3 is 20.1 Å². The van der Waals surface area contributed by atoms with E-state index < -0.39 is 0 Å². The third-order valence-electron chi connectivity index (χ3n) is 3.24. The maximum atomic E-state index is 12.3. The van der Waals surface area contributed by atoms with Crippen LogP contribution in [-0.2, 0) is 14.3 Å². The Kier molecular flexibility index (Phi) is 14.0. The van der Waals surface area contributed by atoms with E-state index in [0.717, 1.165) is 12.8 Å². The van der Waals surface area contributed by atoms with Crippen LogP contribution in [0.15, 0.2) is 0 Å². The number of amides is 1. The zero-order valence-corrected chi connectivity index (χ0v) is 13.4. The first-order valence-corrected chi connectivity index (χ1v) is 6.65. The average molecular weight is 297 g/mol. The number of nitrogens with zero attached hydrogens (tertiary/aromatic N) is 1. The Bertz CT molecular complexity index is 222. The van der Waals surface area contributed by atoms with Crippen molar-refractivity contribution in [2.75, 3.05) is 33.9 Å². The van der Waals surface area contributed by atoms with E-state index in [2.05, 4.69) is 13.8 Å². The number of rotatable bonds is 10. The average Bonchev–Trinajstić information content (AvgIpc) is 2.40. The molecule has 19 heavy (non-hydrogen) atoms. The van der Waals surface area contributed by atoms with Crippen molar-refractivity contribution >= 4 is 18.3 Å². The highest BCUT2D eigenvalue weighted by Crippen LogP contribution is 2.12. The fourth-order valence-electron chi connectivity index (χ4n) is 2.00. The van der Waals surface area contributed by atoms with Gasteiger partial charge in [0.25, 0.3) is 0 Å². The maximum absolute atomic E-state index is 12.3. The summed E-state index contributed by atoms with van der Waals surface area (Å²) in [4.78, 5) is 14.2. The maximum Gasteiger partial charge on any atom is 0.225 e. The van der Waals surface area contributed by atoms with Gasteiger partial charge in [-0.2, -0.15) is 0 Å². The predicted octanol–water partition coefficient (Wildman–Crippen LogP) is 1.44. The van der Waals surface area contributed by atoms with Crippen molar-refractivity contribution in [2.45, 2.75) is 45.3 Å². The molecule has 0 saturated carbocycles. The van der Waals surface area contributed by atoms with Crippen LogP contribution in [0.2, 0.25) is 0 Å². The number of nitrogens with two attached hydrogens (primary N) is 1. The molecule has 1 atom stereocenters. The summed E-state index contributed by atoms with van der Waals surface area (Å²) in [5.41, 5.74) is 5.55. The molecule has 0 aromatic carbocycles. The molecule has 1 unspecified atom stereocenters. The van der Waals surface area contributed by atoms with E-state index in [-0.39, 0.29) is 30.5 Å². The van der Waals surface area contributed by atoms with Gasteiger partial charge >= 0.3 is 0 Å². The van der Waals surface area contributed by atoms with Gasteiger partial charge in [-0.1, -0.05) is 13.8 Å². The summed E-state index contributed by atoms with van der Waals surface area (Å²) in [6, 6.07) is 0.267. The van der Waals surface area contributed by atoms with Gasteiger partial charge in [-0.25, -0.2) is 0 Å². The van der Waals surface area contributed by atoms with Crippen molar-refractivity contribution in [3.63, 3.8) is 0 Å². The molecule has 0 aromatic heterocycles. The molecule has 2 N–H and O–H groups in total. The van der Waals surface area contributed by atoms with Gasteiger partial charge in [-0.15, -0.1) is 12.4 Å². The lowest BCUT2D eigenvalue weighted by atomic mass is 10.1. The van der Waals surface area contributed by atoms with Crippen LogP contribution in [0.5, 0.6) is 0 Å². The predicted molar refractivity (Wildman–Crippen MR) is 79.7 cm³/mol. The molecule has 0 aliphatic heterocycles. The van der Waals surface area contributed by atoms with Gasteiger partial charge in [-0.05, 0) is 12.8 Å². The van der Waals surface area contributed by atoms with E-state index in [1.54, 1.807) is 14.2 Å². The van der Waals surface area contributed by atoms with E-state index in [0.29, 0.717) is 26.1 Å². The Labute approximate surface area is 123 Å². The number of carbonyl (C=O) groups excluding carboxylic acids is 1. The molecular weight excluding hydrogens is 268 g/mol. The minimum absolute atomic E-state index is 0. The van der Waals surface area contributed by atoms with Crippen molar-refractivity contribution < 1.29 is 14.3 Å². The molecule has 0 aliphatic rings. The summed E-state index contributed by atoms with van der Waals surface area (Å²) < 4.78 is 10.2. The lowest BCUT2D eigenvalue weighted by molar-refractivity contribution is -0.136. The third-order valence-corrected chi connectivity index (χ3v) is 3.24. The fraction of sp³-hybridized carbons (Fsp3) is 0.923. The molecule has 6 heteroatoms. The second-order valence-electron chi connectivity index (χ2n) is 4.35. The van der Waals surface area contributed by atoms with Crippen molar-refractivity contribution in [1.29, 1.82) is 0 Å². The standard InChI is InChI=1S/C13H28N2O3.ClH/c1-5-11(6-2)15(7-8-17-3)13(16)9-12(10-14)18-4;/h11-12H,5-10,14H2,1-4H3;1H. The lowest BCUT2D eigenvalue weighted by Crippen LogP contribution is -2.44. The van der Waals surface area contributed by atoms with Gasteiger partial charge in [0.05, 0.1) is 19.1 Å². The van der Waals surface area contributed by atoms with Gasteiger partial charge in [-0.3, -0.25) is 4.79 Å². The first-order chi connectivity index (χ1) is 8.64. The van der Waals surface area contributed by atoms with E-state index in [1.165, 1.54) is 0 Å². The summed E-state index contributed by atoms with van der Waals surface area (Å²) in [5.74, 6) is 0.0954. The number of methoxy groups -OCH3 is 2. The number of ether oxygens (including phenoxy) is 2. The number of carbonyl (C=O) groups is 1. The van der Waals surface area contributed by atoms with Gasteiger partial charge in [0.2, 0.25) is 5.91 Å². The van der Waals surface area contributed by atoms with Crippen molar-refractivity contribution in [3.05, 3.63) is 0 Å². The van der Waals surface area contributed by atoms with Crippen molar-refractivity contribution in [1.82, 2.24) is 4.90 Å². The molecule has 0 spiro atoms. The van der Waals surface area contributed by atoms with Crippen LogP contribution in [0, 0.1) is 0 Å². The molecule has 116 valence electrons. The monoisotopic (exact) mass is 296 g/mol. The molecule has 0 saturated heterocycles. The minimum Gasteiger partial charge on any atom is -0.383 e. The zero-order chi connectivity index (χ0) is 14.0. The molecule has 0 heterocycles. The van der Waals surface area contributed by atoms with Crippen LogP contribution >= 0.6 is 12.4 Å². The highest BCUT2D eigenvalue weighted by Gasteiger charge is 2.23. The van der Waals surface area contributed by atoms with Crippen LogP contribution in [0.3, 0.4) is 0 Å². The summed E-state index contributed by atoms with van der Waals surface area (Å²) in [5, 5.41) is 0. The highest BCUT2D eigenvalue weighted by molar-refractivity contribution is 5.85. The second kappa shape index (κ2) is 12.7. The fourth-order valence-corrected chi connectivity index (χ4v) is 2.00. The van der Waals surface area contributed by atoms with Crippen LogP contribution < -0.4 is 5.73 Å². The number of hydrogen-bond donors (Lipinski definition) is 1. The Morgan fingerprint density at radius 3 is 2.21 bits per heavy atom. The quantitative estimate of drug-likeness (QED) is 0.662. The lowest BCUT2D eigenvalue weighted by Gasteiger charge is -2.31. The topological polar surface area (TPSA) is 64.8 Å². The third kappa shape index (κ3) is 7.72. The van der Waals surface area contributed by atoms with E-state index in [4.69, 9.17) is 15.2 Å². The van der Waals surface area contributed by atoms with Crippen LogP contribution in [0.25, 0.3) is 0 Å². The Morgan fingerprint density at radius 2 is 1.84 bits per heavy atom. The van der Waals surface area contributed by atoms with Gasteiger partial charge in [0, 0.05) is 33.4 Å². The van der Waals surface area contributed by atoms with Crippen LogP contribution in [-0.4, -0.2) is 56.9 Å². The Morgan fingerprint density at radius 1 is 1.26 bits per heavy atom. The molecule has 5 nitrogen and oxygen atoms in total.